The lowest BCUT2D eigenvalue weighted by Gasteiger charge is -2.10. The highest BCUT2D eigenvalue weighted by atomic mass is 32.2. The number of likely N-dealkylation sites (N-methyl/N-ethyl adjacent to an activating group) is 1. The van der Waals surface area contributed by atoms with Gasteiger partial charge in [-0.05, 0) is 56.4 Å². The van der Waals surface area contributed by atoms with Gasteiger partial charge in [0.1, 0.15) is 17.3 Å². The first kappa shape index (κ1) is 24.1. The Bertz CT molecular complexity index is 1410. The SMILES string of the molecule is CNCCNS(=O)(=O)c1cccc(Nc2nccc(Nc3ccnc(-c4cccc(C)n4)n3)n2)c1. The van der Waals surface area contributed by atoms with Gasteiger partial charge >= 0.3 is 0 Å². The Hall–Kier alpha value is -4.00. The van der Waals surface area contributed by atoms with E-state index >= 15 is 0 Å². The van der Waals surface area contributed by atoms with Gasteiger partial charge in [-0.25, -0.2) is 33.1 Å². The first-order valence-corrected chi connectivity index (χ1v) is 12.3. The van der Waals surface area contributed by atoms with Crippen LogP contribution in [-0.2, 0) is 10.0 Å². The van der Waals surface area contributed by atoms with Crippen molar-refractivity contribution in [2.75, 3.05) is 30.8 Å². The van der Waals surface area contributed by atoms with Crippen molar-refractivity contribution in [3.05, 3.63) is 72.7 Å². The van der Waals surface area contributed by atoms with Gasteiger partial charge in [0.2, 0.25) is 16.0 Å². The smallest absolute Gasteiger partial charge is 0.240 e. The molecule has 3 aromatic heterocycles. The second-order valence-electron chi connectivity index (χ2n) is 7.47. The normalized spacial score (nSPS) is 11.3. The fourth-order valence-corrected chi connectivity index (χ4v) is 4.18. The fourth-order valence-electron chi connectivity index (χ4n) is 3.10. The zero-order valence-corrected chi connectivity index (χ0v) is 20.0. The predicted octanol–water partition coefficient (Wildman–Crippen LogP) is 2.62. The van der Waals surface area contributed by atoms with Gasteiger partial charge in [-0.1, -0.05) is 12.1 Å². The van der Waals surface area contributed by atoms with Gasteiger partial charge in [0.05, 0.1) is 4.90 Å². The molecule has 1 aromatic carbocycles. The van der Waals surface area contributed by atoms with E-state index in [1.165, 1.54) is 12.1 Å². The molecular weight excluding hydrogens is 466 g/mol. The maximum atomic E-state index is 12.5. The molecule has 0 atom stereocenters. The molecule has 0 bridgehead atoms. The van der Waals surface area contributed by atoms with E-state index < -0.39 is 10.0 Å². The Morgan fingerprint density at radius 2 is 1.60 bits per heavy atom. The molecule has 4 N–H and O–H groups in total. The number of benzene rings is 1. The largest absolute Gasteiger partial charge is 0.325 e. The van der Waals surface area contributed by atoms with E-state index in [9.17, 15) is 8.42 Å². The summed E-state index contributed by atoms with van der Waals surface area (Å²) in [6.07, 6.45) is 3.23. The van der Waals surface area contributed by atoms with Crippen LogP contribution < -0.4 is 20.7 Å². The number of anilines is 4. The second-order valence-corrected chi connectivity index (χ2v) is 9.24. The minimum Gasteiger partial charge on any atom is -0.325 e. The van der Waals surface area contributed by atoms with Gasteiger partial charge in [-0.3, -0.25) is 0 Å². The number of aromatic nitrogens is 5. The summed E-state index contributed by atoms with van der Waals surface area (Å²) in [5.41, 5.74) is 2.09. The number of pyridine rings is 1. The van der Waals surface area contributed by atoms with Crippen LogP contribution in [0.2, 0.25) is 0 Å². The van der Waals surface area contributed by atoms with Crippen LogP contribution in [0.15, 0.2) is 71.9 Å². The first-order valence-electron chi connectivity index (χ1n) is 10.8. The van der Waals surface area contributed by atoms with E-state index in [1.807, 2.05) is 25.1 Å². The van der Waals surface area contributed by atoms with Crippen LogP contribution in [0.25, 0.3) is 11.5 Å². The lowest BCUT2D eigenvalue weighted by molar-refractivity contribution is 0.579. The molecule has 0 aliphatic carbocycles. The van der Waals surface area contributed by atoms with Gasteiger partial charge < -0.3 is 16.0 Å². The summed E-state index contributed by atoms with van der Waals surface area (Å²) in [6.45, 7) is 2.73. The van der Waals surface area contributed by atoms with Crippen LogP contribution in [0.1, 0.15) is 5.69 Å². The van der Waals surface area contributed by atoms with Gasteiger partial charge in [0.15, 0.2) is 5.82 Å². The van der Waals surface area contributed by atoms with E-state index in [0.29, 0.717) is 41.3 Å². The van der Waals surface area contributed by atoms with Crippen molar-refractivity contribution >= 4 is 33.3 Å². The zero-order valence-electron chi connectivity index (χ0n) is 19.2. The summed E-state index contributed by atoms with van der Waals surface area (Å²) in [6, 6.07) is 15.5. The van der Waals surface area contributed by atoms with Crippen molar-refractivity contribution in [1.29, 1.82) is 0 Å². The average molecular weight is 492 g/mol. The number of aryl methyl sites for hydroxylation is 1. The third-order valence-electron chi connectivity index (χ3n) is 4.75. The molecule has 0 radical (unpaired) electrons. The molecule has 4 rings (SSSR count). The highest BCUT2D eigenvalue weighted by molar-refractivity contribution is 7.89. The summed E-state index contributed by atoms with van der Waals surface area (Å²) < 4.78 is 27.5. The predicted molar refractivity (Wildman–Crippen MR) is 134 cm³/mol. The molecule has 0 amide bonds. The van der Waals surface area contributed by atoms with E-state index in [4.69, 9.17) is 0 Å². The number of sulfonamides is 1. The summed E-state index contributed by atoms with van der Waals surface area (Å²) in [4.78, 5) is 22.1. The maximum absolute atomic E-state index is 12.5. The lowest BCUT2D eigenvalue weighted by atomic mass is 10.3. The van der Waals surface area contributed by atoms with Crippen LogP contribution in [0, 0.1) is 6.92 Å². The highest BCUT2D eigenvalue weighted by Gasteiger charge is 2.14. The topological polar surface area (TPSA) is 147 Å². The van der Waals surface area contributed by atoms with Crippen LogP contribution in [-0.4, -0.2) is 53.5 Å². The monoisotopic (exact) mass is 491 g/mol. The number of rotatable bonds is 10. The third-order valence-corrected chi connectivity index (χ3v) is 6.21. The minimum atomic E-state index is -3.63. The second kappa shape index (κ2) is 11.0. The average Bonchev–Trinajstić information content (AvgIpc) is 2.85. The van der Waals surface area contributed by atoms with Crippen molar-refractivity contribution in [2.45, 2.75) is 11.8 Å². The van der Waals surface area contributed by atoms with Crippen molar-refractivity contribution in [3.8, 4) is 11.5 Å². The quantitative estimate of drug-likeness (QED) is 0.244. The van der Waals surface area contributed by atoms with Gasteiger partial charge in [-0.15, -0.1) is 0 Å². The molecule has 0 unspecified atom stereocenters. The Morgan fingerprint density at radius 3 is 2.40 bits per heavy atom. The molecule has 0 fully saturated rings. The number of hydrogen-bond donors (Lipinski definition) is 4. The standard InChI is InChI=1S/C23H25N9O2S/c1-16-5-3-8-19(28-16)22-25-11-9-20(31-22)30-21-10-12-26-23(32-21)29-17-6-4-7-18(15-17)35(33,34)27-14-13-24-2/h3-12,15,24,27H,13-14H2,1-2H3,(H2,25,26,29,30,31,32). The molecule has 0 saturated carbocycles. The van der Waals surface area contributed by atoms with Gasteiger partial charge in [-0.2, -0.15) is 4.98 Å². The molecule has 0 aliphatic heterocycles. The summed E-state index contributed by atoms with van der Waals surface area (Å²) in [5, 5.41) is 9.08. The van der Waals surface area contributed by atoms with E-state index in [0.717, 1.165) is 5.69 Å². The minimum absolute atomic E-state index is 0.145. The van der Waals surface area contributed by atoms with Crippen molar-refractivity contribution in [1.82, 2.24) is 35.0 Å². The van der Waals surface area contributed by atoms with Crippen molar-refractivity contribution in [3.63, 3.8) is 0 Å². The van der Waals surface area contributed by atoms with Crippen molar-refractivity contribution in [2.24, 2.45) is 0 Å². The molecular formula is C23H25N9O2S. The summed E-state index contributed by atoms with van der Waals surface area (Å²) >= 11 is 0. The van der Waals surface area contributed by atoms with E-state index in [2.05, 4.69) is 45.6 Å². The van der Waals surface area contributed by atoms with Gasteiger partial charge in [0.25, 0.3) is 0 Å². The summed E-state index contributed by atoms with van der Waals surface area (Å²) in [5.74, 6) is 1.83. The molecule has 0 saturated heterocycles. The molecule has 11 nitrogen and oxygen atoms in total. The van der Waals surface area contributed by atoms with Crippen molar-refractivity contribution < 1.29 is 8.42 Å². The Labute approximate surface area is 203 Å². The Kier molecular flexibility index (Phi) is 7.55. The van der Waals surface area contributed by atoms with Crippen LogP contribution >= 0.6 is 0 Å². The summed E-state index contributed by atoms with van der Waals surface area (Å²) in [7, 11) is -1.87. The molecule has 12 heteroatoms. The third kappa shape index (κ3) is 6.53. The van der Waals surface area contributed by atoms with Crippen LogP contribution in [0.4, 0.5) is 23.3 Å². The Balaban J connectivity index is 1.48. The van der Waals surface area contributed by atoms with Gasteiger partial charge in [0, 0.05) is 36.9 Å². The molecule has 4 aromatic rings. The Morgan fingerprint density at radius 1 is 0.829 bits per heavy atom. The molecule has 0 spiro atoms. The fraction of sp³-hybridized carbons (Fsp3) is 0.174. The molecule has 180 valence electrons. The number of nitrogens with one attached hydrogen (secondary N) is 4. The zero-order chi connectivity index (χ0) is 24.7. The molecule has 0 aliphatic rings. The molecule has 35 heavy (non-hydrogen) atoms. The molecule has 3 heterocycles. The number of nitrogens with zero attached hydrogens (tertiary/aromatic N) is 5. The van der Waals surface area contributed by atoms with E-state index in [1.54, 1.807) is 43.7 Å². The lowest BCUT2D eigenvalue weighted by Crippen LogP contribution is -2.30. The maximum Gasteiger partial charge on any atom is 0.240 e. The van der Waals surface area contributed by atoms with Crippen LogP contribution in [0.3, 0.4) is 0 Å². The number of hydrogen-bond acceptors (Lipinski definition) is 10. The van der Waals surface area contributed by atoms with Crippen LogP contribution in [0.5, 0.6) is 0 Å². The first-order chi connectivity index (χ1) is 16.9. The highest BCUT2D eigenvalue weighted by Crippen LogP contribution is 2.20. The van der Waals surface area contributed by atoms with E-state index in [-0.39, 0.29) is 11.4 Å².